The Morgan fingerprint density at radius 1 is 1.47 bits per heavy atom. The first-order chi connectivity index (χ1) is 8.15. The SMILES string of the molecule is CC[C@@]1(C)CCN(Cc2ccc(OC)nc2)C1. The van der Waals surface area contributed by atoms with Gasteiger partial charge >= 0.3 is 0 Å². The highest BCUT2D eigenvalue weighted by atomic mass is 16.5. The summed E-state index contributed by atoms with van der Waals surface area (Å²) in [6.45, 7) is 8.09. The summed E-state index contributed by atoms with van der Waals surface area (Å²) in [6.07, 6.45) is 4.50. The lowest BCUT2D eigenvalue weighted by Crippen LogP contribution is -2.24. The Balaban J connectivity index is 1.93. The normalized spacial score (nSPS) is 25.1. The van der Waals surface area contributed by atoms with Gasteiger partial charge in [0.25, 0.3) is 0 Å². The van der Waals surface area contributed by atoms with Crippen LogP contribution in [0.2, 0.25) is 0 Å². The summed E-state index contributed by atoms with van der Waals surface area (Å²) in [5.74, 6) is 0.688. The van der Waals surface area contributed by atoms with E-state index in [4.69, 9.17) is 4.74 Å². The van der Waals surface area contributed by atoms with Crippen LogP contribution in [0, 0.1) is 5.41 Å². The van der Waals surface area contributed by atoms with E-state index < -0.39 is 0 Å². The van der Waals surface area contributed by atoms with Crippen LogP contribution in [0.3, 0.4) is 0 Å². The summed E-state index contributed by atoms with van der Waals surface area (Å²) < 4.78 is 5.06. The minimum Gasteiger partial charge on any atom is -0.481 e. The number of hydrogen-bond donors (Lipinski definition) is 0. The van der Waals surface area contributed by atoms with Gasteiger partial charge in [-0.2, -0.15) is 0 Å². The van der Waals surface area contributed by atoms with Crippen LogP contribution in [-0.2, 0) is 6.54 Å². The van der Waals surface area contributed by atoms with Gasteiger partial charge < -0.3 is 4.74 Å². The lowest BCUT2D eigenvalue weighted by Gasteiger charge is -2.22. The highest BCUT2D eigenvalue weighted by molar-refractivity contribution is 5.17. The first-order valence-corrected chi connectivity index (χ1v) is 6.36. The maximum atomic E-state index is 5.06. The van der Waals surface area contributed by atoms with Crippen LogP contribution in [-0.4, -0.2) is 30.1 Å². The molecular formula is C14H22N2O. The second-order valence-electron chi connectivity index (χ2n) is 5.33. The molecule has 0 bridgehead atoms. The smallest absolute Gasteiger partial charge is 0.212 e. The summed E-state index contributed by atoms with van der Waals surface area (Å²) in [5, 5.41) is 0. The Kier molecular flexibility index (Phi) is 3.67. The molecule has 94 valence electrons. The largest absolute Gasteiger partial charge is 0.481 e. The van der Waals surface area contributed by atoms with Crippen molar-refractivity contribution in [3.63, 3.8) is 0 Å². The molecule has 3 heteroatoms. The van der Waals surface area contributed by atoms with E-state index in [0.29, 0.717) is 11.3 Å². The molecule has 1 aromatic rings. The van der Waals surface area contributed by atoms with Crippen LogP contribution in [0.5, 0.6) is 5.88 Å². The molecule has 0 spiro atoms. The summed E-state index contributed by atoms with van der Waals surface area (Å²) in [4.78, 5) is 6.77. The maximum Gasteiger partial charge on any atom is 0.212 e. The molecule has 2 heterocycles. The fraction of sp³-hybridized carbons (Fsp3) is 0.643. The Hall–Kier alpha value is -1.09. The van der Waals surface area contributed by atoms with E-state index in [1.54, 1.807) is 7.11 Å². The number of ether oxygens (including phenoxy) is 1. The van der Waals surface area contributed by atoms with Gasteiger partial charge in [-0.3, -0.25) is 4.90 Å². The Labute approximate surface area is 104 Å². The molecule has 1 aliphatic rings. The van der Waals surface area contributed by atoms with Gasteiger partial charge in [-0.05, 0) is 30.4 Å². The first-order valence-electron chi connectivity index (χ1n) is 6.36. The van der Waals surface area contributed by atoms with Crippen LogP contribution in [0.25, 0.3) is 0 Å². The fourth-order valence-corrected chi connectivity index (χ4v) is 2.43. The lowest BCUT2D eigenvalue weighted by atomic mass is 9.87. The number of methoxy groups -OCH3 is 1. The zero-order valence-electron chi connectivity index (χ0n) is 11.1. The van der Waals surface area contributed by atoms with Crippen molar-refractivity contribution in [1.82, 2.24) is 9.88 Å². The van der Waals surface area contributed by atoms with Crippen LogP contribution in [0.4, 0.5) is 0 Å². The predicted molar refractivity (Wildman–Crippen MR) is 69.1 cm³/mol. The van der Waals surface area contributed by atoms with E-state index in [1.165, 1.54) is 31.5 Å². The summed E-state index contributed by atoms with van der Waals surface area (Å²) in [6, 6.07) is 4.04. The summed E-state index contributed by atoms with van der Waals surface area (Å²) in [5.41, 5.74) is 1.78. The molecule has 0 aliphatic carbocycles. The van der Waals surface area contributed by atoms with Gasteiger partial charge in [-0.15, -0.1) is 0 Å². The zero-order valence-corrected chi connectivity index (χ0v) is 11.1. The predicted octanol–water partition coefficient (Wildman–Crippen LogP) is 2.71. The molecule has 1 aliphatic heterocycles. The van der Waals surface area contributed by atoms with Crippen LogP contribution in [0.15, 0.2) is 18.3 Å². The second kappa shape index (κ2) is 5.05. The van der Waals surface area contributed by atoms with E-state index in [9.17, 15) is 0 Å². The third-order valence-corrected chi connectivity index (χ3v) is 3.90. The van der Waals surface area contributed by atoms with Crippen molar-refractivity contribution >= 4 is 0 Å². The van der Waals surface area contributed by atoms with E-state index >= 15 is 0 Å². The standard InChI is InChI=1S/C14H22N2O/c1-4-14(2)7-8-16(11-14)10-12-5-6-13(17-3)15-9-12/h5-6,9H,4,7-8,10-11H2,1-3H3/t14-/m0/s1. The summed E-state index contributed by atoms with van der Waals surface area (Å²) >= 11 is 0. The molecular weight excluding hydrogens is 212 g/mol. The zero-order chi connectivity index (χ0) is 12.3. The fourth-order valence-electron chi connectivity index (χ4n) is 2.43. The molecule has 0 radical (unpaired) electrons. The third kappa shape index (κ3) is 2.97. The van der Waals surface area contributed by atoms with Gasteiger partial charge in [-0.1, -0.05) is 19.9 Å². The van der Waals surface area contributed by atoms with Crippen molar-refractivity contribution < 1.29 is 4.74 Å². The minimum absolute atomic E-state index is 0.514. The average molecular weight is 234 g/mol. The minimum atomic E-state index is 0.514. The highest BCUT2D eigenvalue weighted by Crippen LogP contribution is 2.33. The molecule has 0 saturated carbocycles. The second-order valence-corrected chi connectivity index (χ2v) is 5.33. The third-order valence-electron chi connectivity index (χ3n) is 3.90. The van der Waals surface area contributed by atoms with Gasteiger partial charge in [-0.25, -0.2) is 4.98 Å². The highest BCUT2D eigenvalue weighted by Gasteiger charge is 2.31. The van der Waals surface area contributed by atoms with Crippen molar-refractivity contribution in [1.29, 1.82) is 0 Å². The van der Waals surface area contributed by atoms with E-state index in [1.807, 2.05) is 12.3 Å². The Morgan fingerprint density at radius 2 is 2.29 bits per heavy atom. The van der Waals surface area contributed by atoms with E-state index in [-0.39, 0.29) is 0 Å². The van der Waals surface area contributed by atoms with Gasteiger partial charge in [0.1, 0.15) is 0 Å². The maximum absolute atomic E-state index is 5.06. The molecule has 2 rings (SSSR count). The number of rotatable bonds is 4. The molecule has 1 atom stereocenters. The molecule has 1 fully saturated rings. The molecule has 17 heavy (non-hydrogen) atoms. The Bertz CT molecular complexity index is 363. The van der Waals surface area contributed by atoms with Crippen LogP contribution < -0.4 is 4.74 Å². The quantitative estimate of drug-likeness (QED) is 0.801. The Morgan fingerprint density at radius 3 is 2.82 bits per heavy atom. The number of nitrogens with zero attached hydrogens (tertiary/aromatic N) is 2. The van der Waals surface area contributed by atoms with Gasteiger partial charge in [0.15, 0.2) is 0 Å². The van der Waals surface area contributed by atoms with Crippen molar-refractivity contribution in [3.05, 3.63) is 23.9 Å². The number of pyridine rings is 1. The monoisotopic (exact) mass is 234 g/mol. The van der Waals surface area contributed by atoms with Gasteiger partial charge in [0.05, 0.1) is 7.11 Å². The molecule has 1 saturated heterocycles. The summed E-state index contributed by atoms with van der Waals surface area (Å²) in [7, 11) is 1.65. The van der Waals surface area contributed by atoms with Gasteiger partial charge in [0, 0.05) is 25.4 Å². The number of hydrogen-bond acceptors (Lipinski definition) is 3. The molecule has 0 unspecified atom stereocenters. The lowest BCUT2D eigenvalue weighted by molar-refractivity contribution is 0.263. The van der Waals surface area contributed by atoms with Crippen molar-refractivity contribution in [2.45, 2.75) is 33.2 Å². The first kappa shape index (κ1) is 12.4. The van der Waals surface area contributed by atoms with Crippen molar-refractivity contribution in [3.8, 4) is 5.88 Å². The van der Waals surface area contributed by atoms with E-state index in [2.05, 4.69) is 29.8 Å². The average Bonchev–Trinajstić information content (AvgIpc) is 2.73. The van der Waals surface area contributed by atoms with Crippen LogP contribution in [0.1, 0.15) is 32.3 Å². The topological polar surface area (TPSA) is 25.4 Å². The van der Waals surface area contributed by atoms with Crippen molar-refractivity contribution in [2.24, 2.45) is 5.41 Å². The molecule has 1 aromatic heterocycles. The number of likely N-dealkylation sites (tertiary alicyclic amines) is 1. The molecule has 3 nitrogen and oxygen atoms in total. The molecule has 0 amide bonds. The van der Waals surface area contributed by atoms with Gasteiger partial charge in [0.2, 0.25) is 5.88 Å². The number of aromatic nitrogens is 1. The van der Waals surface area contributed by atoms with Crippen LogP contribution >= 0.6 is 0 Å². The van der Waals surface area contributed by atoms with Crippen molar-refractivity contribution in [2.75, 3.05) is 20.2 Å². The molecule has 0 aromatic carbocycles. The van der Waals surface area contributed by atoms with E-state index in [0.717, 1.165) is 6.54 Å². The molecule has 0 N–H and O–H groups in total.